The predicted octanol–water partition coefficient (Wildman–Crippen LogP) is 1.66. The zero-order valence-corrected chi connectivity index (χ0v) is 12.0. The summed E-state index contributed by atoms with van der Waals surface area (Å²) >= 11 is 0. The van der Waals surface area contributed by atoms with Gasteiger partial charge in [0, 0.05) is 0 Å². The van der Waals surface area contributed by atoms with Crippen molar-refractivity contribution in [2.45, 2.75) is 18.7 Å². The first kappa shape index (κ1) is 15.0. The van der Waals surface area contributed by atoms with Gasteiger partial charge in [0.25, 0.3) is 10.0 Å². The van der Waals surface area contributed by atoms with Gasteiger partial charge in [0.05, 0.1) is 22.6 Å². The van der Waals surface area contributed by atoms with E-state index in [4.69, 9.17) is 5.11 Å². The maximum Gasteiger partial charge on any atom is 0.335 e. The molecule has 1 aromatic heterocycles. The highest BCUT2D eigenvalue weighted by Gasteiger charge is 2.23. The van der Waals surface area contributed by atoms with Crippen molar-refractivity contribution in [3.05, 3.63) is 41.0 Å². The molecular formula is C12H12FN3O4S. The van der Waals surface area contributed by atoms with Crippen LogP contribution in [0.4, 0.5) is 10.1 Å². The fourth-order valence-corrected chi connectivity index (χ4v) is 3.30. The van der Waals surface area contributed by atoms with Crippen molar-refractivity contribution >= 4 is 21.7 Å². The number of H-pyrrole nitrogens is 1. The Hall–Kier alpha value is -2.42. The summed E-state index contributed by atoms with van der Waals surface area (Å²) in [6.07, 6.45) is 0. The molecule has 0 amide bonds. The number of carboxylic acids is 1. The van der Waals surface area contributed by atoms with Crippen molar-refractivity contribution in [1.82, 2.24) is 10.2 Å². The van der Waals surface area contributed by atoms with Gasteiger partial charge in [-0.1, -0.05) is 0 Å². The van der Waals surface area contributed by atoms with Crippen LogP contribution in [-0.4, -0.2) is 29.7 Å². The quantitative estimate of drug-likeness (QED) is 0.794. The maximum absolute atomic E-state index is 13.8. The van der Waals surface area contributed by atoms with Gasteiger partial charge in [-0.2, -0.15) is 5.10 Å². The molecule has 0 saturated carbocycles. The van der Waals surface area contributed by atoms with Crippen LogP contribution in [0.3, 0.4) is 0 Å². The summed E-state index contributed by atoms with van der Waals surface area (Å²) in [5, 5.41) is 15.0. The Balaban J connectivity index is 2.40. The summed E-state index contributed by atoms with van der Waals surface area (Å²) in [5.74, 6) is -2.28. The summed E-state index contributed by atoms with van der Waals surface area (Å²) in [7, 11) is -4.02. The van der Waals surface area contributed by atoms with Gasteiger partial charge >= 0.3 is 5.97 Å². The van der Waals surface area contributed by atoms with Crippen molar-refractivity contribution in [1.29, 1.82) is 0 Å². The molecule has 0 radical (unpaired) electrons. The van der Waals surface area contributed by atoms with E-state index in [9.17, 15) is 17.6 Å². The molecule has 0 aliphatic carbocycles. The van der Waals surface area contributed by atoms with Crippen LogP contribution in [0.1, 0.15) is 21.7 Å². The molecule has 2 rings (SSSR count). The van der Waals surface area contributed by atoms with Crippen LogP contribution in [0.25, 0.3) is 0 Å². The minimum Gasteiger partial charge on any atom is -0.478 e. The minimum atomic E-state index is -4.02. The number of anilines is 1. The van der Waals surface area contributed by atoms with Gasteiger partial charge in [0.2, 0.25) is 0 Å². The third kappa shape index (κ3) is 2.87. The van der Waals surface area contributed by atoms with E-state index in [1.165, 1.54) is 13.8 Å². The van der Waals surface area contributed by atoms with E-state index >= 15 is 0 Å². The Kier molecular flexibility index (Phi) is 3.69. The van der Waals surface area contributed by atoms with Gasteiger partial charge < -0.3 is 5.11 Å². The molecule has 0 spiro atoms. The van der Waals surface area contributed by atoms with Gasteiger partial charge in [-0.25, -0.2) is 17.6 Å². The molecule has 0 atom stereocenters. The average molecular weight is 313 g/mol. The van der Waals surface area contributed by atoms with Crippen LogP contribution in [0, 0.1) is 19.7 Å². The molecule has 1 heterocycles. The topological polar surface area (TPSA) is 112 Å². The number of carbonyl (C=O) groups is 1. The molecule has 0 aliphatic rings. The molecule has 112 valence electrons. The zero-order chi connectivity index (χ0) is 15.8. The SMILES string of the molecule is Cc1n[nH]c(C)c1S(=O)(=O)Nc1ccc(C(=O)O)cc1F. The number of rotatable bonds is 4. The smallest absolute Gasteiger partial charge is 0.335 e. The summed E-state index contributed by atoms with van der Waals surface area (Å²) in [6.45, 7) is 3.03. The van der Waals surface area contributed by atoms with Crippen LogP contribution in [0.2, 0.25) is 0 Å². The fourth-order valence-electron chi connectivity index (χ4n) is 1.86. The van der Waals surface area contributed by atoms with E-state index < -0.39 is 21.8 Å². The van der Waals surface area contributed by atoms with Crippen LogP contribution in [-0.2, 0) is 10.0 Å². The second kappa shape index (κ2) is 5.17. The van der Waals surface area contributed by atoms with Gasteiger partial charge in [0.15, 0.2) is 0 Å². The molecule has 0 bridgehead atoms. The number of sulfonamides is 1. The number of nitrogens with zero attached hydrogens (tertiary/aromatic N) is 1. The van der Waals surface area contributed by atoms with E-state index in [0.717, 1.165) is 18.2 Å². The molecule has 21 heavy (non-hydrogen) atoms. The number of aromatic carboxylic acids is 1. The van der Waals surface area contributed by atoms with Gasteiger partial charge in [-0.3, -0.25) is 9.82 Å². The summed E-state index contributed by atoms with van der Waals surface area (Å²) < 4.78 is 40.3. The van der Waals surface area contributed by atoms with Gasteiger partial charge in [-0.15, -0.1) is 0 Å². The van der Waals surface area contributed by atoms with Gasteiger partial charge in [0.1, 0.15) is 10.7 Å². The zero-order valence-electron chi connectivity index (χ0n) is 11.1. The lowest BCUT2D eigenvalue weighted by molar-refractivity contribution is 0.0696. The Labute approximate surface area is 119 Å². The number of aromatic amines is 1. The monoisotopic (exact) mass is 313 g/mol. The largest absolute Gasteiger partial charge is 0.478 e. The number of aryl methyl sites for hydroxylation is 2. The highest BCUT2D eigenvalue weighted by molar-refractivity contribution is 7.92. The molecule has 3 N–H and O–H groups in total. The molecule has 1 aromatic carbocycles. The van der Waals surface area contributed by atoms with Crippen molar-refractivity contribution in [2.24, 2.45) is 0 Å². The van der Waals surface area contributed by atoms with E-state index in [0.29, 0.717) is 5.69 Å². The van der Waals surface area contributed by atoms with Crippen LogP contribution in [0.5, 0.6) is 0 Å². The summed E-state index contributed by atoms with van der Waals surface area (Å²) in [4.78, 5) is 10.6. The third-order valence-corrected chi connectivity index (χ3v) is 4.42. The Bertz CT molecular complexity index is 794. The normalized spacial score (nSPS) is 11.4. The third-order valence-electron chi connectivity index (χ3n) is 2.79. The lowest BCUT2D eigenvalue weighted by Gasteiger charge is -2.09. The number of halogens is 1. The van der Waals surface area contributed by atoms with E-state index in [1.54, 1.807) is 0 Å². The van der Waals surface area contributed by atoms with Crippen LogP contribution < -0.4 is 4.72 Å². The molecule has 2 aromatic rings. The Morgan fingerprint density at radius 1 is 1.38 bits per heavy atom. The predicted molar refractivity (Wildman–Crippen MR) is 72.2 cm³/mol. The minimum absolute atomic E-state index is 0.0655. The highest BCUT2D eigenvalue weighted by Crippen LogP contribution is 2.23. The molecule has 9 heteroatoms. The van der Waals surface area contributed by atoms with Crippen molar-refractivity contribution in [3.8, 4) is 0 Å². The molecule has 0 fully saturated rings. The maximum atomic E-state index is 13.8. The molecule has 0 saturated heterocycles. The second-order valence-corrected chi connectivity index (χ2v) is 5.99. The molecule has 7 nitrogen and oxygen atoms in total. The lowest BCUT2D eigenvalue weighted by Crippen LogP contribution is -2.15. The van der Waals surface area contributed by atoms with Crippen LogP contribution >= 0.6 is 0 Å². The summed E-state index contributed by atoms with van der Waals surface area (Å²) in [6, 6.07) is 2.91. The van der Waals surface area contributed by atoms with Crippen molar-refractivity contribution in [3.63, 3.8) is 0 Å². The summed E-state index contributed by atoms with van der Waals surface area (Å²) in [5.41, 5.74) is -0.0313. The Morgan fingerprint density at radius 3 is 2.52 bits per heavy atom. The van der Waals surface area contributed by atoms with Gasteiger partial charge in [-0.05, 0) is 32.0 Å². The number of carboxylic acid groups (broad SMARTS) is 1. The lowest BCUT2D eigenvalue weighted by atomic mass is 10.2. The first-order chi connectivity index (χ1) is 9.72. The highest BCUT2D eigenvalue weighted by atomic mass is 32.2. The Morgan fingerprint density at radius 2 is 2.05 bits per heavy atom. The number of nitrogens with one attached hydrogen (secondary N) is 2. The molecule has 0 aliphatic heterocycles. The first-order valence-corrected chi connectivity index (χ1v) is 7.28. The van der Waals surface area contributed by atoms with E-state index in [1.807, 2.05) is 0 Å². The van der Waals surface area contributed by atoms with E-state index in [-0.39, 0.29) is 21.8 Å². The van der Waals surface area contributed by atoms with Crippen LogP contribution in [0.15, 0.2) is 23.1 Å². The van der Waals surface area contributed by atoms with Crippen molar-refractivity contribution < 1.29 is 22.7 Å². The molecular weight excluding hydrogens is 301 g/mol. The van der Waals surface area contributed by atoms with Crippen molar-refractivity contribution in [2.75, 3.05) is 4.72 Å². The first-order valence-electron chi connectivity index (χ1n) is 5.79. The molecule has 0 unspecified atom stereocenters. The second-order valence-electron chi connectivity index (χ2n) is 4.37. The number of hydrogen-bond donors (Lipinski definition) is 3. The number of aromatic nitrogens is 2. The number of benzene rings is 1. The average Bonchev–Trinajstić information content (AvgIpc) is 2.71. The standard InChI is InChI=1S/C12H12FN3O4S/c1-6-11(7(2)15-14-6)21(19,20)16-10-4-3-8(12(17)18)5-9(10)13/h3-5,16H,1-2H3,(H,14,15)(H,17,18). The fraction of sp³-hybridized carbons (Fsp3) is 0.167. The number of hydrogen-bond acceptors (Lipinski definition) is 4. The van der Waals surface area contributed by atoms with E-state index in [2.05, 4.69) is 14.9 Å².